The molecule has 0 saturated heterocycles. The van der Waals surface area contributed by atoms with Gasteiger partial charge in [0.2, 0.25) is 0 Å². The van der Waals surface area contributed by atoms with Gasteiger partial charge in [-0.15, -0.1) is 0 Å². The van der Waals surface area contributed by atoms with Gasteiger partial charge >= 0.3 is 0 Å². The average Bonchev–Trinajstić information content (AvgIpc) is 2.75. The monoisotopic (exact) mass is 427 g/mol. The van der Waals surface area contributed by atoms with Crippen molar-refractivity contribution in [2.75, 3.05) is 11.6 Å². The van der Waals surface area contributed by atoms with Crippen molar-refractivity contribution in [3.8, 4) is 11.5 Å². The summed E-state index contributed by atoms with van der Waals surface area (Å²) in [6, 6.07) is 24.3. The molecule has 4 rings (SSSR count). The number of ether oxygens (including phenoxy) is 1. The van der Waals surface area contributed by atoms with Gasteiger partial charge < -0.3 is 9.57 Å². The summed E-state index contributed by atoms with van der Waals surface area (Å²) < 4.78 is 5.98. The van der Waals surface area contributed by atoms with E-state index < -0.39 is 11.3 Å². The number of hydrogen-bond donors (Lipinski definition) is 0. The summed E-state index contributed by atoms with van der Waals surface area (Å²) >= 11 is 11.9. The third-order valence-corrected chi connectivity index (χ3v) is 5.34. The molecule has 1 aliphatic rings. The number of rotatable bonds is 6. The molecule has 0 radical (unpaired) electrons. The van der Waals surface area contributed by atoms with Crippen LogP contribution in [0.1, 0.15) is 17.9 Å². The van der Waals surface area contributed by atoms with E-state index in [0.717, 1.165) is 11.3 Å². The highest BCUT2D eigenvalue weighted by molar-refractivity contribution is 6.64. The lowest BCUT2D eigenvalue weighted by atomic mass is 9.86. The first-order chi connectivity index (χ1) is 14.1. The Hall–Kier alpha value is -2.69. The Bertz CT molecular complexity index is 979. The van der Waals surface area contributed by atoms with Crippen molar-refractivity contribution in [1.82, 2.24) is 0 Å². The molecule has 0 bridgehead atoms. The number of halogens is 2. The maximum atomic E-state index is 12.2. The molecule has 3 aromatic rings. The van der Waals surface area contributed by atoms with E-state index in [1.807, 2.05) is 71.8 Å². The minimum absolute atomic E-state index is 0.179. The Balaban J connectivity index is 1.61. The number of anilines is 1. The molecule has 1 heterocycles. The fraction of sp³-hybridized carbons (Fsp3) is 0.174. The van der Waals surface area contributed by atoms with Crippen LogP contribution in [0.5, 0.6) is 11.5 Å². The first kappa shape index (κ1) is 19.6. The van der Waals surface area contributed by atoms with Gasteiger partial charge in [0.15, 0.2) is 11.9 Å². The summed E-state index contributed by atoms with van der Waals surface area (Å²) in [6.45, 7) is 0.586. The minimum Gasteiger partial charge on any atom is -0.481 e. The van der Waals surface area contributed by atoms with E-state index in [2.05, 4.69) is 0 Å². The van der Waals surface area contributed by atoms with Gasteiger partial charge in [-0.3, -0.25) is 4.79 Å². The van der Waals surface area contributed by atoms with E-state index in [1.165, 1.54) is 0 Å². The third kappa shape index (κ3) is 4.50. The molecule has 0 aliphatic carbocycles. The molecule has 2 unspecified atom stereocenters. The lowest BCUT2D eigenvalue weighted by Crippen LogP contribution is -2.40. The Kier molecular flexibility index (Phi) is 5.93. The fourth-order valence-electron chi connectivity index (χ4n) is 3.52. The van der Waals surface area contributed by atoms with Crippen molar-refractivity contribution in [3.63, 3.8) is 0 Å². The Morgan fingerprint density at radius 1 is 0.931 bits per heavy atom. The summed E-state index contributed by atoms with van der Waals surface area (Å²) in [5, 5.41) is 1.96. The number of para-hydroxylation sites is 2. The number of benzene rings is 3. The number of hydrogen-bond acceptors (Lipinski definition) is 4. The van der Waals surface area contributed by atoms with Gasteiger partial charge in [-0.1, -0.05) is 48.0 Å². The fourth-order valence-corrected chi connectivity index (χ4v) is 3.85. The molecule has 0 N–H and O–H groups in total. The van der Waals surface area contributed by atoms with Crippen LogP contribution in [0.4, 0.5) is 5.69 Å². The second kappa shape index (κ2) is 8.76. The predicted octanol–water partition coefficient (Wildman–Crippen LogP) is 5.84. The van der Waals surface area contributed by atoms with E-state index in [1.54, 1.807) is 12.1 Å². The third-order valence-electron chi connectivity index (χ3n) is 4.87. The first-order valence-corrected chi connectivity index (χ1v) is 10.1. The van der Waals surface area contributed by atoms with Crippen LogP contribution in [0, 0.1) is 0 Å². The van der Waals surface area contributed by atoms with Crippen LogP contribution in [0.15, 0.2) is 78.9 Å². The van der Waals surface area contributed by atoms with Crippen LogP contribution in [-0.2, 0) is 4.79 Å². The number of hydroxylamine groups is 1. The van der Waals surface area contributed by atoms with E-state index in [0.29, 0.717) is 29.5 Å². The standard InChI is InChI=1S/C23H19Cl2NO3/c24-16-10-12-18(13-11-16)29-26-15-14-20(19-8-4-5-9-21(19)26)22(23(25)27)28-17-6-2-1-3-7-17/h1-13,20,22H,14-15H2. The SMILES string of the molecule is O=C(Cl)C(Oc1ccccc1)C1CCN(Oc2ccc(Cl)cc2)c2ccccc21. The maximum Gasteiger partial charge on any atom is 0.262 e. The number of carbonyl (C=O) groups is 1. The highest BCUT2D eigenvalue weighted by Gasteiger charge is 2.36. The van der Waals surface area contributed by atoms with Gasteiger partial charge in [0.1, 0.15) is 5.75 Å². The Morgan fingerprint density at radius 2 is 1.62 bits per heavy atom. The lowest BCUT2D eigenvalue weighted by Gasteiger charge is -2.36. The molecule has 2 atom stereocenters. The molecule has 1 aliphatic heterocycles. The average molecular weight is 428 g/mol. The van der Waals surface area contributed by atoms with Gasteiger partial charge in [0.05, 0.1) is 12.2 Å². The topological polar surface area (TPSA) is 38.8 Å². The molecule has 0 spiro atoms. The molecule has 0 fully saturated rings. The van der Waals surface area contributed by atoms with Crippen molar-refractivity contribution >= 4 is 34.1 Å². The lowest BCUT2D eigenvalue weighted by molar-refractivity contribution is -0.119. The molecule has 29 heavy (non-hydrogen) atoms. The highest BCUT2D eigenvalue weighted by Crippen LogP contribution is 2.39. The van der Waals surface area contributed by atoms with Crippen LogP contribution < -0.4 is 14.6 Å². The predicted molar refractivity (Wildman–Crippen MR) is 115 cm³/mol. The molecular weight excluding hydrogens is 409 g/mol. The Labute approximate surface area is 179 Å². The van der Waals surface area contributed by atoms with E-state index in [-0.39, 0.29) is 5.92 Å². The molecule has 0 aromatic heterocycles. The smallest absolute Gasteiger partial charge is 0.262 e. The van der Waals surface area contributed by atoms with E-state index in [9.17, 15) is 4.79 Å². The summed E-state index contributed by atoms with van der Waals surface area (Å²) in [7, 11) is 0. The van der Waals surface area contributed by atoms with Crippen LogP contribution in [0.3, 0.4) is 0 Å². The second-order valence-corrected chi connectivity index (χ2v) is 7.57. The zero-order chi connectivity index (χ0) is 20.2. The second-order valence-electron chi connectivity index (χ2n) is 6.76. The van der Waals surface area contributed by atoms with Gasteiger partial charge in [0, 0.05) is 10.9 Å². The zero-order valence-electron chi connectivity index (χ0n) is 15.5. The minimum atomic E-state index is -0.780. The summed E-state index contributed by atoms with van der Waals surface area (Å²) in [5.74, 6) is 1.12. The molecule has 3 aromatic carbocycles. The van der Waals surface area contributed by atoms with Crippen molar-refractivity contribution in [2.45, 2.75) is 18.4 Å². The number of fused-ring (bicyclic) bond motifs is 1. The number of carbonyl (C=O) groups excluding carboxylic acids is 1. The molecule has 6 heteroatoms. The largest absolute Gasteiger partial charge is 0.481 e. The van der Waals surface area contributed by atoms with Crippen LogP contribution >= 0.6 is 23.2 Å². The van der Waals surface area contributed by atoms with Gasteiger partial charge in [0.25, 0.3) is 5.24 Å². The molecular formula is C23H19Cl2NO3. The highest BCUT2D eigenvalue weighted by atomic mass is 35.5. The van der Waals surface area contributed by atoms with Gasteiger partial charge in [-0.25, -0.2) is 5.06 Å². The zero-order valence-corrected chi connectivity index (χ0v) is 17.0. The first-order valence-electron chi connectivity index (χ1n) is 9.33. The van der Waals surface area contributed by atoms with Crippen LogP contribution in [0.2, 0.25) is 5.02 Å². The normalized spacial score (nSPS) is 16.6. The number of nitrogens with zero attached hydrogens (tertiary/aromatic N) is 1. The van der Waals surface area contributed by atoms with Crippen LogP contribution in [0.25, 0.3) is 0 Å². The molecule has 148 valence electrons. The van der Waals surface area contributed by atoms with Crippen molar-refractivity contribution in [3.05, 3.63) is 89.4 Å². The van der Waals surface area contributed by atoms with Crippen molar-refractivity contribution < 1.29 is 14.4 Å². The van der Waals surface area contributed by atoms with E-state index in [4.69, 9.17) is 32.8 Å². The summed E-state index contributed by atoms with van der Waals surface area (Å²) in [4.78, 5) is 18.3. The molecule has 4 nitrogen and oxygen atoms in total. The van der Waals surface area contributed by atoms with Crippen molar-refractivity contribution in [1.29, 1.82) is 0 Å². The quantitative estimate of drug-likeness (QED) is 0.463. The Morgan fingerprint density at radius 3 is 2.34 bits per heavy atom. The maximum absolute atomic E-state index is 12.2. The summed E-state index contributed by atoms with van der Waals surface area (Å²) in [6.07, 6.45) is -0.126. The molecule has 0 amide bonds. The van der Waals surface area contributed by atoms with Gasteiger partial charge in [-0.2, -0.15) is 0 Å². The van der Waals surface area contributed by atoms with Crippen molar-refractivity contribution in [2.24, 2.45) is 0 Å². The van der Waals surface area contributed by atoms with Gasteiger partial charge in [-0.05, 0) is 66.0 Å². The van der Waals surface area contributed by atoms with E-state index >= 15 is 0 Å². The van der Waals surface area contributed by atoms with Crippen LogP contribution in [-0.4, -0.2) is 17.9 Å². The summed E-state index contributed by atoms with van der Waals surface area (Å²) in [5.41, 5.74) is 1.85. The molecule has 0 saturated carbocycles.